The van der Waals surface area contributed by atoms with Gasteiger partial charge in [0.25, 0.3) is 0 Å². The molecule has 0 spiro atoms. The van der Waals surface area contributed by atoms with E-state index in [2.05, 4.69) is 25.0 Å². The summed E-state index contributed by atoms with van der Waals surface area (Å²) in [6.07, 6.45) is 3.88. The molecule has 0 unspecified atom stereocenters. The largest absolute Gasteiger partial charge is 0.444 e. The molecule has 30 heavy (non-hydrogen) atoms. The maximum atomic E-state index is 12.5. The molecule has 2 atom stereocenters. The van der Waals surface area contributed by atoms with Gasteiger partial charge in [0.2, 0.25) is 0 Å². The number of nitrogens with two attached hydrogens (primary N) is 1. The van der Waals surface area contributed by atoms with Gasteiger partial charge >= 0.3 is 6.09 Å². The molecule has 3 aromatic heterocycles. The van der Waals surface area contributed by atoms with Crippen LogP contribution in [-0.4, -0.2) is 66.5 Å². The standard InChI is InChI=1S/C20H24N8O2/c1-20(2,3)30-19(29)27-10-12-7-13(27)9-26(12)15-8-16(24-11-23-15)28-18-14(17(21)25-28)5-4-6-22-18/h4-6,8,11-13H,7,9-10H2,1-3H3,(H2,21,25)/t12-,13-/m0/s1. The summed E-state index contributed by atoms with van der Waals surface area (Å²) >= 11 is 0. The molecule has 5 rings (SSSR count). The number of ether oxygens (including phenoxy) is 1. The predicted molar refractivity (Wildman–Crippen MR) is 111 cm³/mol. The van der Waals surface area contributed by atoms with E-state index in [-0.39, 0.29) is 18.2 Å². The summed E-state index contributed by atoms with van der Waals surface area (Å²) in [7, 11) is 0. The number of hydrogen-bond donors (Lipinski definition) is 1. The number of aromatic nitrogens is 5. The van der Waals surface area contributed by atoms with Gasteiger partial charge in [0.1, 0.15) is 17.7 Å². The lowest BCUT2D eigenvalue weighted by Crippen LogP contribution is -2.50. The van der Waals surface area contributed by atoms with E-state index in [4.69, 9.17) is 10.5 Å². The normalized spacial score (nSPS) is 20.9. The molecule has 10 nitrogen and oxygen atoms in total. The van der Waals surface area contributed by atoms with Crippen molar-refractivity contribution in [2.75, 3.05) is 23.7 Å². The van der Waals surface area contributed by atoms with E-state index in [0.717, 1.165) is 17.6 Å². The maximum Gasteiger partial charge on any atom is 0.410 e. The summed E-state index contributed by atoms with van der Waals surface area (Å²) in [5.41, 5.74) is 6.19. The van der Waals surface area contributed by atoms with Crippen molar-refractivity contribution in [3.63, 3.8) is 0 Å². The molecule has 2 N–H and O–H groups in total. The zero-order chi connectivity index (χ0) is 21.0. The third-order valence-corrected chi connectivity index (χ3v) is 5.49. The van der Waals surface area contributed by atoms with Crippen LogP contribution in [0.5, 0.6) is 0 Å². The number of hydrogen-bond acceptors (Lipinski definition) is 8. The van der Waals surface area contributed by atoms with Gasteiger partial charge in [-0.2, -0.15) is 4.68 Å². The molecule has 2 aliphatic heterocycles. The number of amides is 1. The Hall–Kier alpha value is -3.43. The van der Waals surface area contributed by atoms with E-state index in [0.29, 0.717) is 30.4 Å². The number of nitrogen functional groups attached to an aromatic ring is 1. The highest BCUT2D eigenvalue weighted by molar-refractivity contribution is 5.87. The topological polar surface area (TPSA) is 115 Å². The van der Waals surface area contributed by atoms with Crippen LogP contribution in [0.15, 0.2) is 30.7 Å². The van der Waals surface area contributed by atoms with Crippen molar-refractivity contribution < 1.29 is 9.53 Å². The number of carbonyl (C=O) groups excluding carboxylic acids is 1. The summed E-state index contributed by atoms with van der Waals surface area (Å²) in [6.45, 7) is 6.98. The molecule has 0 aliphatic carbocycles. The van der Waals surface area contributed by atoms with Crippen molar-refractivity contribution in [3.8, 4) is 5.82 Å². The zero-order valence-electron chi connectivity index (χ0n) is 17.2. The molecule has 5 heterocycles. The molecule has 156 valence electrons. The van der Waals surface area contributed by atoms with Crippen molar-refractivity contribution in [3.05, 3.63) is 30.7 Å². The van der Waals surface area contributed by atoms with Crippen molar-refractivity contribution >= 4 is 28.8 Å². The van der Waals surface area contributed by atoms with Crippen molar-refractivity contribution in [1.29, 1.82) is 0 Å². The third kappa shape index (κ3) is 3.08. The number of pyridine rings is 1. The van der Waals surface area contributed by atoms with Crippen LogP contribution in [-0.2, 0) is 4.74 Å². The molecule has 2 saturated heterocycles. The number of piperazine rings is 1. The molecule has 1 amide bonds. The molecule has 3 aromatic rings. The average molecular weight is 408 g/mol. The lowest BCUT2D eigenvalue weighted by atomic mass is 10.2. The van der Waals surface area contributed by atoms with Crippen LogP contribution < -0.4 is 10.6 Å². The van der Waals surface area contributed by atoms with Gasteiger partial charge in [-0.15, -0.1) is 5.10 Å². The van der Waals surface area contributed by atoms with Gasteiger partial charge in [-0.05, 0) is 39.3 Å². The van der Waals surface area contributed by atoms with Crippen molar-refractivity contribution in [1.82, 2.24) is 29.6 Å². The minimum absolute atomic E-state index is 0.117. The fraction of sp³-hybridized carbons (Fsp3) is 0.450. The Morgan fingerprint density at radius 1 is 1.17 bits per heavy atom. The number of fused-ring (bicyclic) bond motifs is 3. The van der Waals surface area contributed by atoms with Gasteiger partial charge in [0.15, 0.2) is 17.3 Å². The van der Waals surface area contributed by atoms with Crippen LogP contribution in [0.4, 0.5) is 16.4 Å². The SMILES string of the molecule is CC(C)(C)OC(=O)N1C[C@@H]2C[C@H]1CN2c1cc(-n2nc(N)c3cccnc32)ncn1. The number of anilines is 2. The second-order valence-corrected chi connectivity index (χ2v) is 8.73. The number of rotatable bonds is 2. The summed E-state index contributed by atoms with van der Waals surface area (Å²) in [5, 5.41) is 5.18. The Morgan fingerprint density at radius 3 is 2.70 bits per heavy atom. The molecular formula is C20H24N8O2. The van der Waals surface area contributed by atoms with E-state index < -0.39 is 5.60 Å². The van der Waals surface area contributed by atoms with E-state index in [1.165, 1.54) is 6.33 Å². The Morgan fingerprint density at radius 2 is 1.97 bits per heavy atom. The van der Waals surface area contributed by atoms with Crippen LogP contribution in [0.1, 0.15) is 27.2 Å². The summed E-state index contributed by atoms with van der Waals surface area (Å²) in [5.74, 6) is 1.81. The van der Waals surface area contributed by atoms with Gasteiger partial charge in [0.05, 0.1) is 17.5 Å². The summed E-state index contributed by atoms with van der Waals surface area (Å²) in [4.78, 5) is 29.8. The van der Waals surface area contributed by atoms with E-state index in [1.807, 2.05) is 43.9 Å². The highest BCUT2D eigenvalue weighted by Gasteiger charge is 2.47. The molecular weight excluding hydrogens is 384 g/mol. The lowest BCUT2D eigenvalue weighted by Gasteiger charge is -2.35. The first-order valence-corrected chi connectivity index (χ1v) is 9.98. The van der Waals surface area contributed by atoms with Crippen LogP contribution in [0.2, 0.25) is 0 Å². The van der Waals surface area contributed by atoms with Gasteiger partial charge < -0.3 is 20.3 Å². The van der Waals surface area contributed by atoms with Gasteiger partial charge in [-0.25, -0.2) is 19.7 Å². The third-order valence-electron chi connectivity index (χ3n) is 5.49. The number of carbonyl (C=O) groups is 1. The Kier molecular flexibility index (Phi) is 4.05. The Labute approximate surface area is 173 Å². The zero-order valence-corrected chi connectivity index (χ0v) is 17.2. The van der Waals surface area contributed by atoms with Crippen LogP contribution in [0.3, 0.4) is 0 Å². The van der Waals surface area contributed by atoms with E-state index >= 15 is 0 Å². The number of nitrogens with zero attached hydrogens (tertiary/aromatic N) is 7. The number of likely N-dealkylation sites (tertiary alicyclic amines) is 1. The first-order valence-electron chi connectivity index (χ1n) is 9.98. The van der Waals surface area contributed by atoms with Gasteiger partial charge in [0, 0.05) is 25.4 Å². The van der Waals surface area contributed by atoms with Crippen molar-refractivity contribution in [2.45, 2.75) is 44.9 Å². The summed E-state index contributed by atoms with van der Waals surface area (Å²) in [6, 6.07) is 5.91. The first kappa shape index (κ1) is 18.6. The lowest BCUT2D eigenvalue weighted by molar-refractivity contribution is 0.0214. The summed E-state index contributed by atoms with van der Waals surface area (Å²) < 4.78 is 7.18. The minimum atomic E-state index is -0.497. The molecule has 0 radical (unpaired) electrons. The van der Waals surface area contributed by atoms with E-state index in [9.17, 15) is 4.79 Å². The van der Waals surface area contributed by atoms with E-state index in [1.54, 1.807) is 10.9 Å². The predicted octanol–water partition coefficient (Wildman–Crippen LogP) is 1.99. The highest BCUT2D eigenvalue weighted by Crippen LogP contribution is 2.35. The fourth-order valence-corrected chi connectivity index (χ4v) is 4.24. The monoisotopic (exact) mass is 408 g/mol. The smallest absolute Gasteiger partial charge is 0.410 e. The van der Waals surface area contributed by atoms with Crippen molar-refractivity contribution in [2.24, 2.45) is 0 Å². The molecule has 2 fully saturated rings. The van der Waals surface area contributed by atoms with Crippen LogP contribution >= 0.6 is 0 Å². The van der Waals surface area contributed by atoms with Crippen LogP contribution in [0, 0.1) is 0 Å². The first-order chi connectivity index (χ1) is 14.3. The Bertz CT molecular complexity index is 1120. The molecule has 0 aromatic carbocycles. The Balaban J connectivity index is 1.38. The molecule has 2 aliphatic rings. The second kappa shape index (κ2) is 6.54. The highest BCUT2D eigenvalue weighted by atomic mass is 16.6. The molecule has 0 saturated carbocycles. The molecule has 10 heteroatoms. The van der Waals surface area contributed by atoms with Crippen LogP contribution in [0.25, 0.3) is 16.9 Å². The average Bonchev–Trinajstić information content (AvgIpc) is 3.40. The van der Waals surface area contributed by atoms with Gasteiger partial charge in [-0.1, -0.05) is 0 Å². The van der Waals surface area contributed by atoms with Gasteiger partial charge in [-0.3, -0.25) is 0 Å². The molecule has 2 bridgehead atoms. The quantitative estimate of drug-likeness (QED) is 0.684. The maximum absolute atomic E-state index is 12.5. The fourth-order valence-electron chi connectivity index (χ4n) is 4.24. The second-order valence-electron chi connectivity index (χ2n) is 8.73. The minimum Gasteiger partial charge on any atom is -0.444 e.